The molecular formula is C28H38N6O2. The van der Waals surface area contributed by atoms with Crippen LogP contribution in [-0.4, -0.2) is 78.6 Å². The number of amides is 3. The summed E-state index contributed by atoms with van der Waals surface area (Å²) >= 11 is 0. The fraction of sp³-hybridized carbons (Fsp3) is 0.536. The molecule has 1 aromatic heterocycles. The molecule has 3 aliphatic rings. The molecule has 1 atom stereocenters. The first-order valence-electron chi connectivity index (χ1n) is 13.2. The van der Waals surface area contributed by atoms with Gasteiger partial charge in [-0.05, 0) is 61.9 Å². The first-order valence-corrected chi connectivity index (χ1v) is 13.2. The SMILES string of the molecule is CNC1CCN(C(=O)c2ccnc(N3CCC(N4CCc5ccccc5NC4=O)CC3)c2)CC1(C)C. The number of likely N-dealkylation sites (tertiary alicyclic amines) is 1. The molecule has 8 nitrogen and oxygen atoms in total. The number of fused-ring (bicyclic) bond motifs is 1. The molecule has 0 aliphatic carbocycles. The molecule has 3 aliphatic heterocycles. The van der Waals surface area contributed by atoms with Crippen LogP contribution in [0, 0.1) is 5.41 Å². The number of urea groups is 1. The lowest BCUT2D eigenvalue weighted by Crippen LogP contribution is -2.54. The Morgan fingerprint density at radius 2 is 1.86 bits per heavy atom. The number of carbonyl (C=O) groups excluding carboxylic acids is 2. The zero-order chi connectivity index (χ0) is 25.3. The molecule has 192 valence electrons. The Kier molecular flexibility index (Phi) is 6.88. The summed E-state index contributed by atoms with van der Waals surface area (Å²) in [5.74, 6) is 0.924. The Morgan fingerprint density at radius 3 is 2.61 bits per heavy atom. The number of piperidine rings is 2. The number of aromatic nitrogens is 1. The van der Waals surface area contributed by atoms with Gasteiger partial charge in [-0.15, -0.1) is 0 Å². The average molecular weight is 491 g/mol. The minimum atomic E-state index is -0.00548. The van der Waals surface area contributed by atoms with Gasteiger partial charge in [0.25, 0.3) is 5.91 Å². The predicted molar refractivity (Wildman–Crippen MR) is 142 cm³/mol. The maximum absolute atomic E-state index is 13.3. The van der Waals surface area contributed by atoms with Crippen molar-refractivity contribution in [2.45, 2.75) is 51.6 Å². The standard InChI is InChI=1S/C28H38N6O2/c1-28(2)19-33(16-12-24(28)29-3)26(35)21-8-13-30-25(18-21)32-14-10-22(11-15-32)34-17-9-20-6-4-5-7-23(20)31-27(34)36/h4-8,13,18,22,24,29H,9-12,14-17,19H2,1-3H3,(H,31,36). The third-order valence-corrected chi connectivity index (χ3v) is 8.23. The first-order chi connectivity index (χ1) is 17.4. The number of nitrogens with one attached hydrogen (secondary N) is 2. The Morgan fingerprint density at radius 1 is 1.08 bits per heavy atom. The molecule has 4 heterocycles. The van der Waals surface area contributed by atoms with Crippen molar-refractivity contribution in [3.63, 3.8) is 0 Å². The van der Waals surface area contributed by atoms with Gasteiger partial charge in [-0.1, -0.05) is 32.0 Å². The number of hydrogen-bond acceptors (Lipinski definition) is 5. The number of rotatable bonds is 4. The van der Waals surface area contributed by atoms with Gasteiger partial charge in [0.2, 0.25) is 0 Å². The first kappa shape index (κ1) is 24.6. The third-order valence-electron chi connectivity index (χ3n) is 8.23. The zero-order valence-corrected chi connectivity index (χ0v) is 21.7. The Bertz CT molecular complexity index is 1110. The van der Waals surface area contributed by atoms with Crippen molar-refractivity contribution in [1.29, 1.82) is 0 Å². The Labute approximate surface area is 214 Å². The fourth-order valence-corrected chi connectivity index (χ4v) is 6.12. The van der Waals surface area contributed by atoms with Crippen molar-refractivity contribution in [1.82, 2.24) is 20.1 Å². The molecule has 1 aromatic carbocycles. The highest BCUT2D eigenvalue weighted by Gasteiger charge is 2.37. The summed E-state index contributed by atoms with van der Waals surface area (Å²) in [4.78, 5) is 37.1. The van der Waals surface area contributed by atoms with Crippen LogP contribution < -0.4 is 15.5 Å². The van der Waals surface area contributed by atoms with Crippen LogP contribution in [0.5, 0.6) is 0 Å². The topological polar surface area (TPSA) is 80.8 Å². The zero-order valence-electron chi connectivity index (χ0n) is 21.7. The van der Waals surface area contributed by atoms with Gasteiger partial charge >= 0.3 is 6.03 Å². The van der Waals surface area contributed by atoms with Crippen molar-refractivity contribution in [3.05, 3.63) is 53.7 Å². The van der Waals surface area contributed by atoms with E-state index >= 15 is 0 Å². The molecule has 36 heavy (non-hydrogen) atoms. The van der Waals surface area contributed by atoms with E-state index in [0.29, 0.717) is 11.6 Å². The number of para-hydroxylation sites is 1. The summed E-state index contributed by atoms with van der Waals surface area (Å²) in [7, 11) is 2.00. The van der Waals surface area contributed by atoms with Crippen LogP contribution in [-0.2, 0) is 6.42 Å². The maximum Gasteiger partial charge on any atom is 0.322 e. The van der Waals surface area contributed by atoms with Gasteiger partial charge in [-0.25, -0.2) is 9.78 Å². The number of anilines is 2. The van der Waals surface area contributed by atoms with Gasteiger partial charge in [0, 0.05) is 62.3 Å². The number of pyridine rings is 1. The van der Waals surface area contributed by atoms with E-state index in [1.165, 1.54) is 5.56 Å². The Hall–Kier alpha value is -3.13. The number of carbonyl (C=O) groups is 2. The largest absolute Gasteiger partial charge is 0.356 e. The molecule has 2 aromatic rings. The molecule has 5 rings (SSSR count). The van der Waals surface area contributed by atoms with Gasteiger partial charge < -0.3 is 25.3 Å². The number of hydrogen-bond donors (Lipinski definition) is 2. The molecule has 8 heteroatoms. The minimum absolute atomic E-state index is 0.00548. The van der Waals surface area contributed by atoms with Crippen molar-refractivity contribution < 1.29 is 9.59 Å². The summed E-state index contributed by atoms with van der Waals surface area (Å²) in [5, 5.41) is 6.49. The lowest BCUT2D eigenvalue weighted by molar-refractivity contribution is 0.0492. The molecular weight excluding hydrogens is 452 g/mol. The van der Waals surface area contributed by atoms with E-state index < -0.39 is 0 Å². The number of benzene rings is 1. The normalized spacial score (nSPS) is 22.6. The molecule has 0 bridgehead atoms. The van der Waals surface area contributed by atoms with E-state index in [4.69, 9.17) is 0 Å². The lowest BCUT2D eigenvalue weighted by atomic mass is 9.79. The minimum Gasteiger partial charge on any atom is -0.356 e. The van der Waals surface area contributed by atoms with Crippen LogP contribution >= 0.6 is 0 Å². The van der Waals surface area contributed by atoms with Crippen LogP contribution in [0.4, 0.5) is 16.3 Å². The number of nitrogens with zero attached hydrogens (tertiary/aromatic N) is 4. The van der Waals surface area contributed by atoms with E-state index in [1.54, 1.807) is 6.20 Å². The van der Waals surface area contributed by atoms with Crippen molar-refractivity contribution in [2.75, 3.05) is 50.0 Å². The second-order valence-corrected chi connectivity index (χ2v) is 11.0. The molecule has 0 saturated carbocycles. The second kappa shape index (κ2) is 10.1. The van der Waals surface area contributed by atoms with Gasteiger partial charge in [-0.3, -0.25) is 4.79 Å². The molecule has 3 amide bonds. The van der Waals surface area contributed by atoms with Crippen molar-refractivity contribution >= 4 is 23.4 Å². The quantitative estimate of drug-likeness (QED) is 0.685. The van der Waals surface area contributed by atoms with Gasteiger partial charge in [0.15, 0.2) is 0 Å². The molecule has 0 radical (unpaired) electrons. The van der Waals surface area contributed by atoms with Crippen LogP contribution in [0.2, 0.25) is 0 Å². The summed E-state index contributed by atoms with van der Waals surface area (Å²) in [6, 6.07) is 12.4. The van der Waals surface area contributed by atoms with Crippen LogP contribution in [0.3, 0.4) is 0 Å². The monoisotopic (exact) mass is 490 g/mol. The van der Waals surface area contributed by atoms with Gasteiger partial charge in [-0.2, -0.15) is 0 Å². The van der Waals surface area contributed by atoms with E-state index in [9.17, 15) is 9.59 Å². The second-order valence-electron chi connectivity index (χ2n) is 11.0. The van der Waals surface area contributed by atoms with Gasteiger partial charge in [0.05, 0.1) is 0 Å². The predicted octanol–water partition coefficient (Wildman–Crippen LogP) is 3.60. The fourth-order valence-electron chi connectivity index (χ4n) is 6.12. The average Bonchev–Trinajstić information content (AvgIpc) is 3.06. The summed E-state index contributed by atoms with van der Waals surface area (Å²) in [6.07, 6.45) is 5.34. The Balaban J connectivity index is 1.21. The van der Waals surface area contributed by atoms with E-state index in [0.717, 1.165) is 69.9 Å². The smallest absolute Gasteiger partial charge is 0.322 e. The summed E-state index contributed by atoms with van der Waals surface area (Å²) in [6.45, 7) is 8.30. The van der Waals surface area contributed by atoms with Crippen LogP contribution in [0.1, 0.15) is 49.0 Å². The van der Waals surface area contributed by atoms with Gasteiger partial charge in [0.1, 0.15) is 5.82 Å². The maximum atomic E-state index is 13.3. The molecule has 2 fully saturated rings. The summed E-state index contributed by atoms with van der Waals surface area (Å²) < 4.78 is 0. The van der Waals surface area contributed by atoms with E-state index in [2.05, 4.69) is 40.4 Å². The highest BCUT2D eigenvalue weighted by Crippen LogP contribution is 2.31. The molecule has 1 unspecified atom stereocenters. The molecule has 2 N–H and O–H groups in total. The highest BCUT2D eigenvalue weighted by molar-refractivity contribution is 5.95. The third kappa shape index (κ3) is 4.91. The summed E-state index contributed by atoms with van der Waals surface area (Å²) in [5.41, 5.74) is 2.84. The lowest BCUT2D eigenvalue weighted by Gasteiger charge is -2.44. The molecule has 0 spiro atoms. The van der Waals surface area contributed by atoms with Crippen LogP contribution in [0.15, 0.2) is 42.6 Å². The highest BCUT2D eigenvalue weighted by atomic mass is 16.2. The molecule has 2 saturated heterocycles. The van der Waals surface area contributed by atoms with E-state index in [1.807, 2.05) is 47.2 Å². The van der Waals surface area contributed by atoms with Crippen molar-refractivity contribution in [3.8, 4) is 0 Å². The van der Waals surface area contributed by atoms with E-state index in [-0.39, 0.29) is 23.4 Å². The van der Waals surface area contributed by atoms with Crippen LogP contribution in [0.25, 0.3) is 0 Å². The van der Waals surface area contributed by atoms with Crippen molar-refractivity contribution in [2.24, 2.45) is 5.41 Å².